The Kier molecular flexibility index (Phi) is 6.00. The number of halogens is 2. The summed E-state index contributed by atoms with van der Waals surface area (Å²) in [6.07, 6.45) is 0. The SMILES string of the molecule is N#Cc1ccc(Cl)cc1NC(=O)C[NH+]1CCN(c2cccc(Cl)c2)CC1. The van der Waals surface area contributed by atoms with Gasteiger partial charge < -0.3 is 15.1 Å². The maximum atomic E-state index is 12.3. The molecule has 0 atom stereocenters. The second-order valence-corrected chi connectivity index (χ2v) is 7.12. The van der Waals surface area contributed by atoms with Crippen LogP contribution in [0.15, 0.2) is 42.5 Å². The minimum absolute atomic E-state index is 0.116. The molecule has 0 bridgehead atoms. The maximum absolute atomic E-state index is 12.3. The first kappa shape index (κ1) is 18.5. The van der Waals surface area contributed by atoms with Crippen LogP contribution in [0.25, 0.3) is 0 Å². The van der Waals surface area contributed by atoms with E-state index in [0.29, 0.717) is 22.8 Å². The highest BCUT2D eigenvalue weighted by Gasteiger charge is 2.23. The van der Waals surface area contributed by atoms with Gasteiger partial charge in [0.2, 0.25) is 0 Å². The summed E-state index contributed by atoms with van der Waals surface area (Å²) in [5.41, 5.74) is 1.98. The van der Waals surface area contributed by atoms with E-state index in [1.165, 1.54) is 4.90 Å². The third-order valence-electron chi connectivity index (χ3n) is 4.43. The number of carbonyl (C=O) groups excluding carboxylic acids is 1. The third kappa shape index (κ3) is 4.67. The van der Waals surface area contributed by atoms with E-state index in [2.05, 4.69) is 16.3 Å². The van der Waals surface area contributed by atoms with Crippen molar-refractivity contribution in [2.45, 2.75) is 0 Å². The molecule has 1 aliphatic heterocycles. The molecule has 0 spiro atoms. The predicted octanol–water partition coefficient (Wildman–Crippen LogP) is 2.21. The fourth-order valence-corrected chi connectivity index (χ4v) is 3.43. The summed E-state index contributed by atoms with van der Waals surface area (Å²) in [4.78, 5) is 15.8. The summed E-state index contributed by atoms with van der Waals surface area (Å²) in [6.45, 7) is 3.81. The number of quaternary nitrogens is 1. The maximum Gasteiger partial charge on any atom is 0.279 e. The molecule has 3 rings (SSSR count). The number of hydrogen-bond donors (Lipinski definition) is 2. The molecule has 7 heteroatoms. The second-order valence-electron chi connectivity index (χ2n) is 6.24. The number of anilines is 2. The van der Waals surface area contributed by atoms with Gasteiger partial charge in [0, 0.05) is 15.7 Å². The number of benzene rings is 2. The lowest BCUT2D eigenvalue weighted by Gasteiger charge is -2.33. The number of hydrogen-bond acceptors (Lipinski definition) is 3. The molecule has 0 unspecified atom stereocenters. The molecule has 1 amide bonds. The lowest BCUT2D eigenvalue weighted by molar-refractivity contribution is -0.892. The fourth-order valence-electron chi connectivity index (χ4n) is 3.07. The third-order valence-corrected chi connectivity index (χ3v) is 4.90. The van der Waals surface area contributed by atoms with E-state index in [-0.39, 0.29) is 5.91 Å². The van der Waals surface area contributed by atoms with Crippen molar-refractivity contribution < 1.29 is 9.69 Å². The average Bonchev–Trinajstić information content (AvgIpc) is 2.62. The molecule has 1 saturated heterocycles. The van der Waals surface area contributed by atoms with Crippen LogP contribution >= 0.6 is 23.2 Å². The normalized spacial score (nSPS) is 14.7. The minimum Gasteiger partial charge on any atom is -0.360 e. The van der Waals surface area contributed by atoms with Crippen LogP contribution in [-0.4, -0.2) is 38.6 Å². The number of piperazine rings is 1. The summed E-state index contributed by atoms with van der Waals surface area (Å²) in [5, 5.41) is 13.2. The van der Waals surface area contributed by atoms with Crippen LogP contribution in [-0.2, 0) is 4.79 Å². The Labute approximate surface area is 162 Å². The fraction of sp³-hybridized carbons (Fsp3) is 0.263. The summed E-state index contributed by atoms with van der Waals surface area (Å²) >= 11 is 12.0. The Hall–Kier alpha value is -2.26. The van der Waals surface area contributed by atoms with Gasteiger partial charge in [-0.1, -0.05) is 29.3 Å². The molecular weight excluding hydrogens is 371 g/mol. The monoisotopic (exact) mass is 389 g/mol. The number of nitriles is 1. The van der Waals surface area contributed by atoms with Gasteiger partial charge >= 0.3 is 0 Å². The van der Waals surface area contributed by atoms with E-state index < -0.39 is 0 Å². The number of carbonyl (C=O) groups is 1. The Bertz CT molecular complexity index is 842. The zero-order chi connectivity index (χ0) is 18.5. The number of rotatable bonds is 4. The van der Waals surface area contributed by atoms with Gasteiger partial charge in [0.1, 0.15) is 6.07 Å². The van der Waals surface area contributed by atoms with Gasteiger partial charge in [0.05, 0.1) is 37.4 Å². The van der Waals surface area contributed by atoms with E-state index in [1.807, 2.05) is 24.3 Å². The van der Waals surface area contributed by atoms with Gasteiger partial charge in [-0.25, -0.2) is 0 Å². The van der Waals surface area contributed by atoms with Crippen LogP contribution in [0.5, 0.6) is 0 Å². The molecular formula is C19H19Cl2N4O+. The Morgan fingerprint density at radius 1 is 1.15 bits per heavy atom. The van der Waals surface area contributed by atoms with Crippen molar-refractivity contribution in [3.63, 3.8) is 0 Å². The van der Waals surface area contributed by atoms with Crippen molar-refractivity contribution in [1.82, 2.24) is 0 Å². The molecule has 0 aliphatic carbocycles. The minimum atomic E-state index is -0.116. The van der Waals surface area contributed by atoms with Gasteiger partial charge in [-0.15, -0.1) is 0 Å². The summed E-state index contributed by atoms with van der Waals surface area (Å²) in [6, 6.07) is 14.7. The van der Waals surface area contributed by atoms with Gasteiger partial charge in [-0.05, 0) is 36.4 Å². The summed E-state index contributed by atoms with van der Waals surface area (Å²) < 4.78 is 0. The molecule has 2 aromatic carbocycles. The van der Waals surface area contributed by atoms with Crippen molar-refractivity contribution in [2.75, 3.05) is 42.9 Å². The van der Waals surface area contributed by atoms with E-state index in [9.17, 15) is 4.79 Å². The first-order valence-electron chi connectivity index (χ1n) is 8.39. The smallest absolute Gasteiger partial charge is 0.279 e. The molecule has 0 saturated carbocycles. The average molecular weight is 390 g/mol. The lowest BCUT2D eigenvalue weighted by atomic mass is 10.2. The molecule has 0 aromatic heterocycles. The van der Waals surface area contributed by atoms with Crippen LogP contribution < -0.4 is 15.1 Å². The highest BCUT2D eigenvalue weighted by molar-refractivity contribution is 6.31. The first-order valence-corrected chi connectivity index (χ1v) is 9.14. The molecule has 26 heavy (non-hydrogen) atoms. The van der Waals surface area contributed by atoms with Gasteiger partial charge in [0.15, 0.2) is 6.54 Å². The zero-order valence-corrected chi connectivity index (χ0v) is 15.6. The Balaban J connectivity index is 1.54. The van der Waals surface area contributed by atoms with Crippen molar-refractivity contribution in [1.29, 1.82) is 5.26 Å². The van der Waals surface area contributed by atoms with Crippen LogP contribution in [0, 0.1) is 11.3 Å². The van der Waals surface area contributed by atoms with E-state index >= 15 is 0 Å². The van der Waals surface area contributed by atoms with Crippen molar-refractivity contribution in [3.05, 3.63) is 58.1 Å². The zero-order valence-electron chi connectivity index (χ0n) is 14.1. The molecule has 134 valence electrons. The highest BCUT2D eigenvalue weighted by atomic mass is 35.5. The van der Waals surface area contributed by atoms with Crippen LogP contribution in [0.2, 0.25) is 10.0 Å². The van der Waals surface area contributed by atoms with Crippen LogP contribution in [0.3, 0.4) is 0 Å². The molecule has 1 heterocycles. The molecule has 2 aromatic rings. The number of nitrogens with zero attached hydrogens (tertiary/aromatic N) is 2. The van der Waals surface area contributed by atoms with E-state index in [4.69, 9.17) is 28.5 Å². The number of nitrogens with one attached hydrogen (secondary N) is 2. The lowest BCUT2D eigenvalue weighted by Crippen LogP contribution is -3.15. The van der Waals surface area contributed by atoms with Gasteiger partial charge in [-0.3, -0.25) is 4.79 Å². The van der Waals surface area contributed by atoms with Crippen molar-refractivity contribution in [2.24, 2.45) is 0 Å². The highest BCUT2D eigenvalue weighted by Crippen LogP contribution is 2.20. The van der Waals surface area contributed by atoms with Gasteiger partial charge in [0.25, 0.3) is 5.91 Å². The van der Waals surface area contributed by atoms with E-state index in [0.717, 1.165) is 36.9 Å². The predicted molar refractivity (Wildman–Crippen MR) is 104 cm³/mol. The topological polar surface area (TPSA) is 60.6 Å². The number of amides is 1. The Morgan fingerprint density at radius 2 is 1.88 bits per heavy atom. The molecule has 2 N–H and O–H groups in total. The summed E-state index contributed by atoms with van der Waals surface area (Å²) in [5.74, 6) is -0.116. The van der Waals surface area contributed by atoms with E-state index in [1.54, 1.807) is 18.2 Å². The molecule has 0 radical (unpaired) electrons. The summed E-state index contributed by atoms with van der Waals surface area (Å²) in [7, 11) is 0. The Morgan fingerprint density at radius 3 is 2.58 bits per heavy atom. The van der Waals surface area contributed by atoms with Crippen LogP contribution in [0.1, 0.15) is 5.56 Å². The quantitative estimate of drug-likeness (QED) is 0.842. The van der Waals surface area contributed by atoms with Crippen molar-refractivity contribution >= 4 is 40.5 Å². The second kappa shape index (κ2) is 8.41. The molecule has 5 nitrogen and oxygen atoms in total. The van der Waals surface area contributed by atoms with Crippen LogP contribution in [0.4, 0.5) is 11.4 Å². The first-order chi connectivity index (χ1) is 12.5. The largest absolute Gasteiger partial charge is 0.360 e. The van der Waals surface area contributed by atoms with Gasteiger partial charge in [-0.2, -0.15) is 5.26 Å². The molecule has 1 aliphatic rings. The van der Waals surface area contributed by atoms with Crippen molar-refractivity contribution in [3.8, 4) is 6.07 Å². The standard InChI is InChI=1S/C19H18Cl2N4O/c20-15-2-1-3-17(10-15)25-8-6-24(7-9-25)13-19(26)23-18-11-16(21)5-4-14(18)12-22/h1-5,10-11H,6-9,13H2,(H,23,26)/p+1. The molecule has 1 fully saturated rings.